The largest absolute Gasteiger partial charge is 0.465 e. The van der Waals surface area contributed by atoms with E-state index in [-0.39, 0.29) is 5.97 Å². The third-order valence-corrected chi connectivity index (χ3v) is 3.44. The van der Waals surface area contributed by atoms with Gasteiger partial charge in [-0.25, -0.2) is 4.79 Å². The van der Waals surface area contributed by atoms with Crippen molar-refractivity contribution in [3.8, 4) is 0 Å². The Morgan fingerprint density at radius 2 is 1.90 bits per heavy atom. The molecule has 3 nitrogen and oxygen atoms in total. The fourth-order valence-corrected chi connectivity index (χ4v) is 2.39. The number of methoxy groups -OCH3 is 1. The average Bonchev–Trinajstić information content (AvgIpc) is 2.97. The summed E-state index contributed by atoms with van der Waals surface area (Å²) in [5.41, 5.74) is 4.16. The molecular weight excluding hydrogens is 250 g/mol. The lowest BCUT2D eigenvalue weighted by Gasteiger charge is -2.05. The number of ether oxygens (including phenoxy) is 1. The van der Waals surface area contributed by atoms with Crippen molar-refractivity contribution in [2.75, 3.05) is 7.11 Å². The van der Waals surface area contributed by atoms with Gasteiger partial charge in [-0.1, -0.05) is 30.3 Å². The molecule has 0 aliphatic rings. The molecule has 20 heavy (non-hydrogen) atoms. The Kier molecular flexibility index (Phi) is 3.25. The molecule has 0 unspecified atom stereocenters. The first-order chi connectivity index (χ1) is 9.78. The molecular formula is C17H15NO2. The summed E-state index contributed by atoms with van der Waals surface area (Å²) < 4.78 is 4.70. The second-order valence-electron chi connectivity index (χ2n) is 4.72. The van der Waals surface area contributed by atoms with Crippen LogP contribution in [0.25, 0.3) is 10.9 Å². The van der Waals surface area contributed by atoms with Crippen LogP contribution >= 0.6 is 0 Å². The van der Waals surface area contributed by atoms with Gasteiger partial charge in [-0.2, -0.15) is 0 Å². The summed E-state index contributed by atoms with van der Waals surface area (Å²) in [4.78, 5) is 14.7. The highest BCUT2D eigenvalue weighted by atomic mass is 16.5. The van der Waals surface area contributed by atoms with Crippen molar-refractivity contribution in [3.63, 3.8) is 0 Å². The number of nitrogens with one attached hydrogen (secondary N) is 1. The van der Waals surface area contributed by atoms with Gasteiger partial charge in [0.1, 0.15) is 0 Å². The van der Waals surface area contributed by atoms with Gasteiger partial charge in [0.25, 0.3) is 0 Å². The maximum atomic E-state index is 11.4. The molecule has 0 atom stereocenters. The van der Waals surface area contributed by atoms with E-state index in [0.29, 0.717) is 5.56 Å². The fraction of sp³-hybridized carbons (Fsp3) is 0.118. The smallest absolute Gasteiger partial charge is 0.337 e. The molecule has 1 aromatic heterocycles. The normalized spacial score (nSPS) is 10.7. The van der Waals surface area contributed by atoms with Gasteiger partial charge < -0.3 is 9.72 Å². The molecule has 1 N–H and O–H groups in total. The van der Waals surface area contributed by atoms with Crippen molar-refractivity contribution >= 4 is 16.9 Å². The number of rotatable bonds is 3. The summed E-state index contributed by atoms with van der Waals surface area (Å²) in [6.07, 6.45) is 2.79. The first-order valence-corrected chi connectivity index (χ1v) is 6.50. The molecule has 0 saturated carbocycles. The van der Waals surface area contributed by atoms with Crippen LogP contribution in [0.4, 0.5) is 0 Å². The van der Waals surface area contributed by atoms with Crippen LogP contribution in [0.15, 0.2) is 54.7 Å². The molecule has 2 aromatic carbocycles. The second kappa shape index (κ2) is 5.21. The van der Waals surface area contributed by atoms with Gasteiger partial charge in [-0.3, -0.25) is 0 Å². The number of esters is 1. The number of H-pyrrole nitrogens is 1. The van der Waals surface area contributed by atoms with Crippen molar-refractivity contribution in [1.29, 1.82) is 0 Å². The Labute approximate surface area is 117 Å². The molecule has 3 heteroatoms. The molecule has 0 saturated heterocycles. The molecule has 0 radical (unpaired) electrons. The highest BCUT2D eigenvalue weighted by Crippen LogP contribution is 2.20. The topological polar surface area (TPSA) is 42.1 Å². The Morgan fingerprint density at radius 1 is 1.10 bits per heavy atom. The van der Waals surface area contributed by atoms with Crippen molar-refractivity contribution in [1.82, 2.24) is 4.98 Å². The van der Waals surface area contributed by atoms with Gasteiger partial charge in [0.05, 0.1) is 12.7 Å². The summed E-state index contributed by atoms with van der Waals surface area (Å²) in [6.45, 7) is 0. The summed E-state index contributed by atoms with van der Waals surface area (Å²) in [5.74, 6) is -0.303. The number of carbonyl (C=O) groups is 1. The number of aromatic amines is 1. The van der Waals surface area contributed by atoms with Gasteiger partial charge in [0.2, 0.25) is 0 Å². The monoisotopic (exact) mass is 265 g/mol. The Hall–Kier alpha value is -2.55. The number of aromatic nitrogens is 1. The molecule has 3 rings (SSSR count). The summed E-state index contributed by atoms with van der Waals surface area (Å²) >= 11 is 0. The molecule has 0 aliphatic carbocycles. The molecule has 0 amide bonds. The second-order valence-corrected chi connectivity index (χ2v) is 4.72. The van der Waals surface area contributed by atoms with E-state index in [1.165, 1.54) is 29.1 Å². The van der Waals surface area contributed by atoms with Crippen LogP contribution < -0.4 is 0 Å². The molecule has 100 valence electrons. The predicted octanol–water partition coefficient (Wildman–Crippen LogP) is 3.55. The van der Waals surface area contributed by atoms with Crippen LogP contribution in [0.2, 0.25) is 0 Å². The van der Waals surface area contributed by atoms with Crippen LogP contribution in [-0.2, 0) is 11.2 Å². The maximum absolute atomic E-state index is 11.4. The van der Waals surface area contributed by atoms with E-state index in [0.717, 1.165) is 6.42 Å². The van der Waals surface area contributed by atoms with E-state index in [4.69, 9.17) is 4.74 Å². The first-order valence-electron chi connectivity index (χ1n) is 6.50. The Morgan fingerprint density at radius 3 is 2.65 bits per heavy atom. The van der Waals surface area contributed by atoms with E-state index in [2.05, 4.69) is 29.2 Å². The van der Waals surface area contributed by atoms with Crippen molar-refractivity contribution in [2.24, 2.45) is 0 Å². The van der Waals surface area contributed by atoms with Gasteiger partial charge in [0.15, 0.2) is 0 Å². The number of benzene rings is 2. The van der Waals surface area contributed by atoms with Gasteiger partial charge >= 0.3 is 5.97 Å². The number of carbonyl (C=O) groups excluding carboxylic acids is 1. The fourth-order valence-electron chi connectivity index (χ4n) is 2.39. The average molecular weight is 265 g/mol. The van der Waals surface area contributed by atoms with Crippen LogP contribution in [0.3, 0.4) is 0 Å². The third-order valence-electron chi connectivity index (χ3n) is 3.44. The Bertz CT molecular complexity index is 741. The van der Waals surface area contributed by atoms with Crippen LogP contribution in [-0.4, -0.2) is 18.1 Å². The minimum atomic E-state index is -0.303. The zero-order valence-corrected chi connectivity index (χ0v) is 11.2. The van der Waals surface area contributed by atoms with Gasteiger partial charge in [-0.05, 0) is 41.1 Å². The van der Waals surface area contributed by atoms with Crippen LogP contribution in [0, 0.1) is 0 Å². The van der Waals surface area contributed by atoms with Crippen molar-refractivity contribution in [3.05, 3.63) is 71.4 Å². The summed E-state index contributed by atoms with van der Waals surface area (Å²) in [6, 6.07) is 15.9. The lowest BCUT2D eigenvalue weighted by atomic mass is 10.0. The maximum Gasteiger partial charge on any atom is 0.337 e. The molecule has 3 aromatic rings. The minimum Gasteiger partial charge on any atom is -0.465 e. The Balaban J connectivity index is 1.88. The third kappa shape index (κ3) is 2.30. The SMILES string of the molecule is COC(=O)c1ccc(Cc2cccc3cc[nH]c23)cc1. The highest BCUT2D eigenvalue weighted by Gasteiger charge is 2.06. The number of hydrogen-bond acceptors (Lipinski definition) is 2. The van der Waals surface area contributed by atoms with Crippen LogP contribution in [0.1, 0.15) is 21.5 Å². The first kappa shape index (κ1) is 12.5. The quantitative estimate of drug-likeness (QED) is 0.736. The number of para-hydroxylation sites is 1. The number of hydrogen-bond donors (Lipinski definition) is 1. The number of fused-ring (bicyclic) bond motifs is 1. The van der Waals surface area contributed by atoms with Gasteiger partial charge in [-0.15, -0.1) is 0 Å². The van der Waals surface area contributed by atoms with E-state index in [1.54, 1.807) is 12.1 Å². The predicted molar refractivity (Wildman–Crippen MR) is 78.9 cm³/mol. The summed E-state index contributed by atoms with van der Waals surface area (Å²) in [7, 11) is 1.39. The minimum absolute atomic E-state index is 0.303. The molecule has 0 fully saturated rings. The molecule has 1 heterocycles. The van der Waals surface area contributed by atoms with Crippen molar-refractivity contribution in [2.45, 2.75) is 6.42 Å². The lowest BCUT2D eigenvalue weighted by Crippen LogP contribution is -2.01. The molecule has 0 spiro atoms. The van der Waals surface area contributed by atoms with E-state index < -0.39 is 0 Å². The van der Waals surface area contributed by atoms with Crippen molar-refractivity contribution < 1.29 is 9.53 Å². The lowest BCUT2D eigenvalue weighted by molar-refractivity contribution is 0.0600. The standard InChI is InChI=1S/C17H15NO2/c1-20-17(19)14-7-5-12(6-8-14)11-15-4-2-3-13-9-10-18-16(13)15/h2-10,18H,11H2,1H3. The zero-order chi connectivity index (χ0) is 13.9. The molecule has 0 bridgehead atoms. The highest BCUT2D eigenvalue weighted by molar-refractivity contribution is 5.89. The van der Waals surface area contributed by atoms with E-state index in [1.807, 2.05) is 18.3 Å². The molecule has 0 aliphatic heterocycles. The van der Waals surface area contributed by atoms with E-state index in [9.17, 15) is 4.79 Å². The van der Waals surface area contributed by atoms with E-state index >= 15 is 0 Å². The van der Waals surface area contributed by atoms with Gasteiger partial charge in [0, 0.05) is 11.7 Å². The summed E-state index contributed by atoms with van der Waals surface area (Å²) in [5, 5.41) is 1.22. The van der Waals surface area contributed by atoms with Crippen LogP contribution in [0.5, 0.6) is 0 Å². The zero-order valence-electron chi connectivity index (χ0n) is 11.2.